The normalized spacial score (nSPS) is 16.2. The number of aryl methyl sites for hydroxylation is 3. The maximum atomic E-state index is 12.6. The predicted molar refractivity (Wildman–Crippen MR) is 112 cm³/mol. The fourth-order valence-electron chi connectivity index (χ4n) is 3.72. The van der Waals surface area contributed by atoms with Crippen LogP contribution in [0.5, 0.6) is 5.75 Å². The van der Waals surface area contributed by atoms with Gasteiger partial charge < -0.3 is 9.64 Å². The molecule has 158 valence electrons. The molecule has 9 heteroatoms. The summed E-state index contributed by atoms with van der Waals surface area (Å²) in [4.78, 5) is 18.8. The number of benzene rings is 1. The van der Waals surface area contributed by atoms with Crippen LogP contribution in [0.3, 0.4) is 0 Å². The van der Waals surface area contributed by atoms with Gasteiger partial charge in [-0.1, -0.05) is 11.6 Å². The van der Waals surface area contributed by atoms with Crippen LogP contribution in [0.15, 0.2) is 30.3 Å². The summed E-state index contributed by atoms with van der Waals surface area (Å²) in [6, 6.07) is 9.29. The van der Waals surface area contributed by atoms with Crippen molar-refractivity contribution in [1.29, 1.82) is 0 Å². The minimum atomic E-state index is 0.145. The molecule has 1 fully saturated rings. The standard InChI is InChI=1S/C21H25ClN6O2/c1-14-23-15(2)28(26-14)10-8-21(29)27-9-7-16(12-27)20-11-18(24-25-20)13-30-19-5-3-17(22)4-6-19/h3-6,11,16H,7-10,12-13H2,1-2H3,(H,24,25)/t16-/m0/s1. The van der Waals surface area contributed by atoms with Gasteiger partial charge in [-0.15, -0.1) is 0 Å². The highest BCUT2D eigenvalue weighted by molar-refractivity contribution is 6.30. The van der Waals surface area contributed by atoms with Crippen molar-refractivity contribution in [3.63, 3.8) is 0 Å². The molecule has 1 aliphatic rings. The van der Waals surface area contributed by atoms with Gasteiger partial charge in [-0.3, -0.25) is 9.89 Å². The van der Waals surface area contributed by atoms with Crippen molar-refractivity contribution in [1.82, 2.24) is 29.9 Å². The molecule has 4 rings (SSSR count). The molecule has 0 saturated carbocycles. The van der Waals surface area contributed by atoms with E-state index < -0.39 is 0 Å². The van der Waals surface area contributed by atoms with E-state index in [-0.39, 0.29) is 11.8 Å². The van der Waals surface area contributed by atoms with Gasteiger partial charge in [0.2, 0.25) is 5.91 Å². The first-order chi connectivity index (χ1) is 14.5. The number of carbonyl (C=O) groups excluding carboxylic acids is 1. The Kier molecular flexibility index (Phi) is 6.03. The zero-order valence-corrected chi connectivity index (χ0v) is 17.9. The van der Waals surface area contributed by atoms with Crippen molar-refractivity contribution in [2.45, 2.75) is 45.8 Å². The van der Waals surface area contributed by atoms with Gasteiger partial charge in [0.05, 0.1) is 17.9 Å². The molecule has 0 bridgehead atoms. The molecular formula is C21H25ClN6O2. The average molecular weight is 429 g/mol. The summed E-state index contributed by atoms with van der Waals surface area (Å²) in [5.74, 6) is 2.71. The minimum Gasteiger partial charge on any atom is -0.487 e. The highest BCUT2D eigenvalue weighted by Gasteiger charge is 2.28. The molecule has 1 saturated heterocycles. The lowest BCUT2D eigenvalue weighted by Crippen LogP contribution is -2.29. The Labute approximate surface area is 180 Å². The smallest absolute Gasteiger partial charge is 0.224 e. The number of H-pyrrole nitrogens is 1. The van der Waals surface area contributed by atoms with E-state index >= 15 is 0 Å². The molecule has 1 aliphatic heterocycles. The lowest BCUT2D eigenvalue weighted by molar-refractivity contribution is -0.130. The summed E-state index contributed by atoms with van der Waals surface area (Å²) in [7, 11) is 0. The number of nitrogens with zero attached hydrogens (tertiary/aromatic N) is 5. The van der Waals surface area contributed by atoms with Gasteiger partial charge in [-0.25, -0.2) is 9.67 Å². The highest BCUT2D eigenvalue weighted by Crippen LogP contribution is 2.27. The molecule has 1 aromatic carbocycles. The summed E-state index contributed by atoms with van der Waals surface area (Å²) < 4.78 is 7.55. The molecule has 30 heavy (non-hydrogen) atoms. The summed E-state index contributed by atoms with van der Waals surface area (Å²) in [6.45, 7) is 6.16. The quantitative estimate of drug-likeness (QED) is 0.624. The summed E-state index contributed by atoms with van der Waals surface area (Å²) in [5, 5.41) is 12.5. The van der Waals surface area contributed by atoms with Gasteiger partial charge in [0.1, 0.15) is 24.0 Å². The molecule has 1 amide bonds. The first-order valence-electron chi connectivity index (χ1n) is 10.1. The Bertz CT molecular complexity index is 1010. The number of rotatable bonds is 7. The third kappa shape index (κ3) is 4.81. The molecule has 0 spiro atoms. The van der Waals surface area contributed by atoms with Crippen molar-refractivity contribution >= 4 is 17.5 Å². The summed E-state index contributed by atoms with van der Waals surface area (Å²) in [6.07, 6.45) is 1.34. The van der Waals surface area contributed by atoms with Crippen LogP contribution in [-0.4, -0.2) is 48.9 Å². The number of nitrogens with one attached hydrogen (secondary N) is 1. The van der Waals surface area contributed by atoms with Crippen LogP contribution in [0.2, 0.25) is 5.02 Å². The molecule has 2 aromatic heterocycles. The second-order valence-corrected chi connectivity index (χ2v) is 8.00. The Hall–Kier alpha value is -2.87. The van der Waals surface area contributed by atoms with E-state index in [2.05, 4.69) is 20.3 Å². The maximum absolute atomic E-state index is 12.6. The van der Waals surface area contributed by atoms with Crippen molar-refractivity contribution < 1.29 is 9.53 Å². The molecule has 3 aromatic rings. The number of ether oxygens (including phenoxy) is 1. The van der Waals surface area contributed by atoms with Crippen LogP contribution < -0.4 is 4.74 Å². The first kappa shape index (κ1) is 20.4. The summed E-state index contributed by atoms with van der Waals surface area (Å²) in [5.41, 5.74) is 1.88. The topological polar surface area (TPSA) is 88.9 Å². The molecule has 3 heterocycles. The Balaban J connectivity index is 1.27. The Morgan fingerprint density at radius 3 is 2.83 bits per heavy atom. The van der Waals surface area contributed by atoms with Gasteiger partial charge >= 0.3 is 0 Å². The number of likely N-dealkylation sites (tertiary alicyclic amines) is 1. The SMILES string of the molecule is Cc1nc(C)n(CCC(=O)N2CC[C@H](c3cc(COc4ccc(Cl)cc4)[nH]n3)C2)n1. The van der Waals surface area contributed by atoms with E-state index in [1.165, 1.54) is 0 Å². The van der Waals surface area contributed by atoms with Crippen molar-refractivity contribution in [2.24, 2.45) is 0 Å². The molecule has 8 nitrogen and oxygen atoms in total. The van der Waals surface area contributed by atoms with Crippen molar-refractivity contribution in [3.05, 3.63) is 58.4 Å². The third-order valence-electron chi connectivity index (χ3n) is 5.32. The molecular weight excluding hydrogens is 404 g/mol. The van der Waals surface area contributed by atoms with Gasteiger partial charge in [0.25, 0.3) is 0 Å². The third-order valence-corrected chi connectivity index (χ3v) is 5.57. The van der Waals surface area contributed by atoms with Crippen LogP contribution in [-0.2, 0) is 17.9 Å². The van der Waals surface area contributed by atoms with E-state index in [0.29, 0.717) is 31.1 Å². The summed E-state index contributed by atoms with van der Waals surface area (Å²) >= 11 is 5.89. The Morgan fingerprint density at radius 2 is 2.10 bits per heavy atom. The van der Waals surface area contributed by atoms with Gasteiger partial charge in [-0.2, -0.15) is 10.2 Å². The van der Waals surface area contributed by atoms with Crippen LogP contribution in [0.4, 0.5) is 0 Å². The van der Waals surface area contributed by atoms with E-state index in [9.17, 15) is 4.79 Å². The maximum Gasteiger partial charge on any atom is 0.224 e. The van der Waals surface area contributed by atoms with Gasteiger partial charge in [-0.05, 0) is 50.6 Å². The lowest BCUT2D eigenvalue weighted by Gasteiger charge is -2.16. The van der Waals surface area contributed by atoms with Crippen molar-refractivity contribution in [2.75, 3.05) is 13.1 Å². The first-order valence-corrected chi connectivity index (χ1v) is 10.4. The van der Waals surface area contributed by atoms with E-state index in [0.717, 1.165) is 41.8 Å². The largest absolute Gasteiger partial charge is 0.487 e. The second kappa shape index (κ2) is 8.87. The average Bonchev–Trinajstić information content (AvgIpc) is 3.45. The highest BCUT2D eigenvalue weighted by atomic mass is 35.5. The van der Waals surface area contributed by atoms with Crippen LogP contribution in [0.25, 0.3) is 0 Å². The molecule has 0 unspecified atom stereocenters. The Morgan fingerprint density at radius 1 is 1.30 bits per heavy atom. The van der Waals surface area contributed by atoms with Gasteiger partial charge in [0.15, 0.2) is 0 Å². The zero-order chi connectivity index (χ0) is 21.1. The number of aromatic amines is 1. The van der Waals surface area contributed by atoms with E-state index in [1.807, 2.05) is 36.9 Å². The lowest BCUT2D eigenvalue weighted by atomic mass is 10.1. The van der Waals surface area contributed by atoms with Crippen LogP contribution in [0, 0.1) is 13.8 Å². The molecule has 0 aliphatic carbocycles. The molecule has 1 atom stereocenters. The second-order valence-electron chi connectivity index (χ2n) is 7.57. The minimum absolute atomic E-state index is 0.145. The molecule has 0 radical (unpaired) electrons. The van der Waals surface area contributed by atoms with E-state index in [1.54, 1.807) is 16.8 Å². The zero-order valence-electron chi connectivity index (χ0n) is 17.1. The molecule has 1 N–H and O–H groups in total. The van der Waals surface area contributed by atoms with Gasteiger partial charge in [0, 0.05) is 30.5 Å². The van der Waals surface area contributed by atoms with Crippen LogP contribution in [0.1, 0.15) is 41.8 Å². The van der Waals surface area contributed by atoms with E-state index in [4.69, 9.17) is 16.3 Å². The monoisotopic (exact) mass is 428 g/mol. The van der Waals surface area contributed by atoms with Crippen LogP contribution >= 0.6 is 11.6 Å². The number of hydrogen-bond acceptors (Lipinski definition) is 5. The number of aromatic nitrogens is 5. The number of amides is 1. The number of hydrogen-bond donors (Lipinski definition) is 1. The fraction of sp³-hybridized carbons (Fsp3) is 0.429. The number of carbonyl (C=O) groups is 1. The van der Waals surface area contributed by atoms with Crippen molar-refractivity contribution in [3.8, 4) is 5.75 Å². The fourth-order valence-corrected chi connectivity index (χ4v) is 3.84. The predicted octanol–water partition coefficient (Wildman–Crippen LogP) is 3.26. The number of halogens is 1.